The zero-order valence-electron chi connectivity index (χ0n) is 12.6. The van der Waals surface area contributed by atoms with Gasteiger partial charge in [-0.15, -0.1) is 0 Å². The van der Waals surface area contributed by atoms with E-state index in [9.17, 15) is 0 Å². The molecule has 1 unspecified atom stereocenters. The van der Waals surface area contributed by atoms with Gasteiger partial charge in [0.1, 0.15) is 0 Å². The molecule has 4 heteroatoms. The molecule has 1 atom stereocenters. The van der Waals surface area contributed by atoms with Gasteiger partial charge >= 0.3 is 0 Å². The molecule has 1 aromatic carbocycles. The van der Waals surface area contributed by atoms with E-state index < -0.39 is 0 Å². The number of nitrogens with zero attached hydrogens (tertiary/aromatic N) is 1. The van der Waals surface area contributed by atoms with Crippen LogP contribution in [-0.4, -0.2) is 23.8 Å². The van der Waals surface area contributed by atoms with Crippen molar-refractivity contribution in [1.82, 2.24) is 9.88 Å². The highest BCUT2D eigenvalue weighted by Gasteiger charge is 2.16. The van der Waals surface area contributed by atoms with Crippen LogP contribution in [0.25, 0.3) is 10.9 Å². The third kappa shape index (κ3) is 3.42. The fourth-order valence-electron chi connectivity index (χ4n) is 3.08. The molecule has 1 saturated heterocycles. The Labute approximate surface area is 131 Å². The summed E-state index contributed by atoms with van der Waals surface area (Å²) in [6.45, 7) is 5.94. The smallest absolute Gasteiger partial charge is 0.0593 e. The molecular formula is C17H23ClN2O. The number of fused-ring (bicyclic) bond motifs is 1. The highest BCUT2D eigenvalue weighted by Crippen LogP contribution is 2.26. The van der Waals surface area contributed by atoms with Gasteiger partial charge in [0.25, 0.3) is 0 Å². The van der Waals surface area contributed by atoms with Crippen LogP contribution in [0.1, 0.15) is 31.7 Å². The van der Waals surface area contributed by atoms with Crippen molar-refractivity contribution in [3.63, 3.8) is 0 Å². The van der Waals surface area contributed by atoms with Crippen LogP contribution in [-0.2, 0) is 17.8 Å². The molecule has 1 aliphatic rings. The summed E-state index contributed by atoms with van der Waals surface area (Å²) in [4.78, 5) is 0. The van der Waals surface area contributed by atoms with Crippen molar-refractivity contribution < 1.29 is 4.74 Å². The predicted octanol–water partition coefficient (Wildman–Crippen LogP) is 3.97. The Bertz CT molecular complexity index is 602. The van der Waals surface area contributed by atoms with Crippen molar-refractivity contribution in [3.8, 4) is 0 Å². The van der Waals surface area contributed by atoms with Crippen molar-refractivity contribution in [2.45, 2.75) is 45.4 Å². The average molecular weight is 307 g/mol. The van der Waals surface area contributed by atoms with E-state index in [0.717, 1.165) is 37.7 Å². The third-order valence-electron chi connectivity index (χ3n) is 4.21. The molecule has 0 saturated carbocycles. The summed E-state index contributed by atoms with van der Waals surface area (Å²) in [6.07, 6.45) is 6.17. The molecular weight excluding hydrogens is 284 g/mol. The lowest BCUT2D eigenvalue weighted by Crippen LogP contribution is -2.11. The number of halogens is 1. The topological polar surface area (TPSA) is 26.2 Å². The Balaban J connectivity index is 1.83. The van der Waals surface area contributed by atoms with Crippen LogP contribution in [0.5, 0.6) is 0 Å². The Hall–Kier alpha value is -1.03. The molecule has 114 valence electrons. The number of rotatable bonds is 6. The molecule has 3 rings (SSSR count). The highest BCUT2D eigenvalue weighted by molar-refractivity contribution is 6.31. The summed E-state index contributed by atoms with van der Waals surface area (Å²) < 4.78 is 8.06. The summed E-state index contributed by atoms with van der Waals surface area (Å²) in [5.41, 5.74) is 2.57. The van der Waals surface area contributed by atoms with E-state index in [1.165, 1.54) is 29.3 Å². The van der Waals surface area contributed by atoms with Crippen LogP contribution in [0.15, 0.2) is 24.4 Å². The summed E-state index contributed by atoms with van der Waals surface area (Å²) in [5, 5.41) is 5.51. The fourth-order valence-corrected chi connectivity index (χ4v) is 3.25. The van der Waals surface area contributed by atoms with Crippen molar-refractivity contribution in [3.05, 3.63) is 35.0 Å². The van der Waals surface area contributed by atoms with Crippen LogP contribution < -0.4 is 5.32 Å². The normalized spacial score (nSPS) is 18.7. The van der Waals surface area contributed by atoms with Crippen LogP contribution in [0.3, 0.4) is 0 Å². The molecule has 0 amide bonds. The van der Waals surface area contributed by atoms with Gasteiger partial charge in [0.2, 0.25) is 0 Å². The van der Waals surface area contributed by atoms with Gasteiger partial charge < -0.3 is 14.6 Å². The number of aryl methyl sites for hydroxylation is 1. The maximum absolute atomic E-state index is 6.18. The van der Waals surface area contributed by atoms with Crippen LogP contribution in [0.4, 0.5) is 0 Å². The van der Waals surface area contributed by atoms with Gasteiger partial charge in [0.05, 0.1) is 6.10 Å². The molecule has 2 aromatic rings. The molecule has 1 aromatic heterocycles. The molecule has 0 aliphatic carbocycles. The lowest BCUT2D eigenvalue weighted by molar-refractivity contribution is 0.101. The number of benzene rings is 1. The molecule has 1 fully saturated rings. The maximum atomic E-state index is 6.18. The van der Waals surface area contributed by atoms with Gasteiger partial charge in [-0.25, -0.2) is 0 Å². The molecule has 3 nitrogen and oxygen atoms in total. The number of aromatic nitrogens is 1. The van der Waals surface area contributed by atoms with Crippen molar-refractivity contribution in [1.29, 1.82) is 0 Å². The van der Waals surface area contributed by atoms with Gasteiger partial charge in [-0.05, 0) is 43.5 Å². The van der Waals surface area contributed by atoms with Crippen molar-refractivity contribution >= 4 is 22.5 Å². The molecule has 0 bridgehead atoms. The zero-order chi connectivity index (χ0) is 14.7. The minimum absolute atomic E-state index is 0.429. The van der Waals surface area contributed by atoms with E-state index in [1.54, 1.807) is 0 Å². The Morgan fingerprint density at radius 2 is 2.33 bits per heavy atom. The lowest BCUT2D eigenvalue weighted by Gasteiger charge is -2.10. The first-order chi connectivity index (χ1) is 10.3. The van der Waals surface area contributed by atoms with E-state index in [4.69, 9.17) is 16.3 Å². The standard InChI is InChI=1S/C17H23ClN2O/c1-2-19-11-13-12-20(8-7-15-4-3-9-21-15)17-10-14(18)5-6-16(13)17/h5-6,10,12,15,19H,2-4,7-9,11H2,1H3. The van der Waals surface area contributed by atoms with Gasteiger partial charge in [-0.2, -0.15) is 0 Å². The third-order valence-corrected chi connectivity index (χ3v) is 4.44. The second-order valence-corrected chi connectivity index (χ2v) is 6.15. The quantitative estimate of drug-likeness (QED) is 0.874. The Morgan fingerprint density at radius 1 is 1.43 bits per heavy atom. The number of ether oxygens (including phenoxy) is 1. The van der Waals surface area contributed by atoms with Gasteiger partial charge in [0.15, 0.2) is 0 Å². The van der Waals surface area contributed by atoms with E-state index in [-0.39, 0.29) is 0 Å². The minimum Gasteiger partial charge on any atom is -0.378 e. The maximum Gasteiger partial charge on any atom is 0.0593 e. The van der Waals surface area contributed by atoms with E-state index >= 15 is 0 Å². The first-order valence-corrected chi connectivity index (χ1v) is 8.25. The first-order valence-electron chi connectivity index (χ1n) is 7.87. The summed E-state index contributed by atoms with van der Waals surface area (Å²) in [6, 6.07) is 6.18. The molecule has 0 spiro atoms. The monoisotopic (exact) mass is 306 g/mol. The zero-order valence-corrected chi connectivity index (χ0v) is 13.3. The molecule has 21 heavy (non-hydrogen) atoms. The summed E-state index contributed by atoms with van der Waals surface area (Å²) in [5.74, 6) is 0. The molecule has 2 heterocycles. The van der Waals surface area contributed by atoms with Crippen LogP contribution in [0.2, 0.25) is 5.02 Å². The second kappa shape index (κ2) is 6.82. The number of nitrogens with one attached hydrogen (secondary N) is 1. The van der Waals surface area contributed by atoms with Gasteiger partial charge in [-0.3, -0.25) is 0 Å². The van der Waals surface area contributed by atoms with Gasteiger partial charge in [-0.1, -0.05) is 24.6 Å². The Kier molecular flexibility index (Phi) is 4.84. The van der Waals surface area contributed by atoms with Crippen LogP contribution in [0, 0.1) is 0 Å². The molecule has 1 N–H and O–H groups in total. The van der Waals surface area contributed by atoms with E-state index in [0.29, 0.717) is 6.10 Å². The average Bonchev–Trinajstić information content (AvgIpc) is 3.10. The highest BCUT2D eigenvalue weighted by atomic mass is 35.5. The summed E-state index contributed by atoms with van der Waals surface area (Å²) >= 11 is 6.18. The molecule has 1 aliphatic heterocycles. The van der Waals surface area contributed by atoms with Crippen molar-refractivity contribution in [2.75, 3.05) is 13.2 Å². The minimum atomic E-state index is 0.429. The largest absolute Gasteiger partial charge is 0.378 e. The van der Waals surface area contributed by atoms with E-state index in [1.807, 2.05) is 6.07 Å². The predicted molar refractivity (Wildman–Crippen MR) is 87.9 cm³/mol. The lowest BCUT2D eigenvalue weighted by atomic mass is 10.1. The van der Waals surface area contributed by atoms with E-state index in [2.05, 4.69) is 35.1 Å². The van der Waals surface area contributed by atoms with Gasteiger partial charge in [0, 0.05) is 41.8 Å². The van der Waals surface area contributed by atoms with Crippen molar-refractivity contribution in [2.24, 2.45) is 0 Å². The number of hydrogen-bond acceptors (Lipinski definition) is 2. The molecule has 0 radical (unpaired) electrons. The fraction of sp³-hybridized carbons (Fsp3) is 0.529. The number of hydrogen-bond donors (Lipinski definition) is 1. The Morgan fingerprint density at radius 3 is 3.10 bits per heavy atom. The second-order valence-electron chi connectivity index (χ2n) is 5.71. The van der Waals surface area contributed by atoms with Crippen LogP contribution >= 0.6 is 11.6 Å². The first kappa shape index (κ1) is 14.9. The summed E-state index contributed by atoms with van der Waals surface area (Å²) in [7, 11) is 0. The SMILES string of the molecule is CCNCc1cn(CCC2CCCO2)c2cc(Cl)ccc12.